The van der Waals surface area contributed by atoms with Crippen LogP contribution >= 0.6 is 0 Å². The molecule has 0 aliphatic rings. The average Bonchev–Trinajstić information content (AvgIpc) is 2.38. The highest BCUT2D eigenvalue weighted by Crippen LogP contribution is 2.16. The average molecular weight is 264 g/mol. The van der Waals surface area contributed by atoms with E-state index < -0.39 is 5.97 Å². The van der Waals surface area contributed by atoms with Crippen LogP contribution in [0.2, 0.25) is 0 Å². The monoisotopic (exact) mass is 264 g/mol. The third-order valence-electron chi connectivity index (χ3n) is 2.80. The van der Waals surface area contributed by atoms with Crippen LogP contribution in [0.15, 0.2) is 24.3 Å². The Labute approximate surface area is 113 Å². The second-order valence-electron chi connectivity index (χ2n) is 4.56. The van der Waals surface area contributed by atoms with E-state index in [-0.39, 0.29) is 11.5 Å². The smallest absolute Gasteiger partial charge is 0.335 e. The zero-order chi connectivity index (χ0) is 14.4. The van der Waals surface area contributed by atoms with Gasteiger partial charge < -0.3 is 14.9 Å². The summed E-state index contributed by atoms with van der Waals surface area (Å²) in [5.41, 5.74) is 1.11. The summed E-state index contributed by atoms with van der Waals surface area (Å²) in [5, 5.41) is 8.86. The Hall–Kier alpha value is -2.04. The number of carboxylic acid groups (broad SMARTS) is 1. The van der Waals surface area contributed by atoms with Crippen molar-refractivity contribution in [3.63, 3.8) is 0 Å². The van der Waals surface area contributed by atoms with E-state index in [0.717, 1.165) is 18.7 Å². The first-order valence-corrected chi connectivity index (χ1v) is 6.24. The first-order valence-electron chi connectivity index (χ1n) is 6.24. The normalized spacial score (nSPS) is 10.1. The van der Waals surface area contributed by atoms with Gasteiger partial charge >= 0.3 is 5.97 Å². The molecule has 5 nitrogen and oxygen atoms in total. The van der Waals surface area contributed by atoms with Crippen molar-refractivity contribution in [3.8, 4) is 0 Å². The summed E-state index contributed by atoms with van der Waals surface area (Å²) in [7, 11) is 3.44. The van der Waals surface area contributed by atoms with Gasteiger partial charge in [-0.15, -0.1) is 0 Å². The fourth-order valence-corrected chi connectivity index (χ4v) is 1.69. The first-order chi connectivity index (χ1) is 8.95. The third kappa shape index (κ3) is 4.28. The number of hydrogen-bond acceptors (Lipinski definition) is 3. The van der Waals surface area contributed by atoms with Crippen molar-refractivity contribution in [2.75, 3.05) is 32.1 Å². The molecule has 104 valence electrons. The second-order valence-corrected chi connectivity index (χ2v) is 4.56. The molecule has 0 unspecified atom stereocenters. The lowest BCUT2D eigenvalue weighted by molar-refractivity contribution is -0.127. The van der Waals surface area contributed by atoms with Crippen LogP contribution in [0.1, 0.15) is 23.7 Å². The van der Waals surface area contributed by atoms with Crippen molar-refractivity contribution < 1.29 is 14.7 Å². The van der Waals surface area contributed by atoms with Crippen LogP contribution < -0.4 is 4.90 Å². The van der Waals surface area contributed by atoms with Crippen LogP contribution in [0.25, 0.3) is 0 Å². The summed E-state index contributed by atoms with van der Waals surface area (Å²) in [5.74, 6) is -0.922. The van der Waals surface area contributed by atoms with Crippen LogP contribution in [0, 0.1) is 0 Å². The minimum Gasteiger partial charge on any atom is -0.478 e. The van der Waals surface area contributed by atoms with Crippen molar-refractivity contribution in [1.29, 1.82) is 0 Å². The predicted molar refractivity (Wildman–Crippen MR) is 74.6 cm³/mol. The van der Waals surface area contributed by atoms with E-state index in [9.17, 15) is 9.59 Å². The van der Waals surface area contributed by atoms with E-state index in [1.807, 2.05) is 11.8 Å². The lowest BCUT2D eigenvalue weighted by atomic mass is 10.2. The third-order valence-corrected chi connectivity index (χ3v) is 2.80. The number of likely N-dealkylation sites (N-methyl/N-ethyl adjacent to an activating group) is 1. The molecule has 0 spiro atoms. The molecule has 19 heavy (non-hydrogen) atoms. The van der Waals surface area contributed by atoms with Gasteiger partial charge in [0.1, 0.15) is 0 Å². The maximum absolute atomic E-state index is 11.8. The number of rotatable bonds is 6. The lowest BCUT2D eigenvalue weighted by Crippen LogP contribution is -2.37. The maximum atomic E-state index is 11.8. The van der Waals surface area contributed by atoms with Gasteiger partial charge in [-0.25, -0.2) is 4.79 Å². The number of carbonyl (C=O) groups is 2. The maximum Gasteiger partial charge on any atom is 0.335 e. The van der Waals surface area contributed by atoms with Crippen molar-refractivity contribution >= 4 is 17.6 Å². The molecule has 1 N–H and O–H groups in total. The summed E-state index contributed by atoms with van der Waals surface area (Å²) in [4.78, 5) is 26.1. The van der Waals surface area contributed by atoms with Gasteiger partial charge in [0.2, 0.25) is 5.91 Å². The minimum absolute atomic E-state index is 0.0239. The summed E-state index contributed by atoms with van der Waals surface area (Å²) < 4.78 is 0. The molecule has 0 atom stereocenters. The summed E-state index contributed by atoms with van der Waals surface area (Å²) in [6.45, 7) is 3.10. The van der Waals surface area contributed by atoms with Crippen LogP contribution in [-0.2, 0) is 4.79 Å². The van der Waals surface area contributed by atoms with E-state index in [1.165, 1.54) is 0 Å². The Morgan fingerprint density at radius 2 is 1.74 bits per heavy atom. The van der Waals surface area contributed by atoms with E-state index in [2.05, 4.69) is 0 Å². The number of nitrogens with zero attached hydrogens (tertiary/aromatic N) is 2. The molecule has 0 saturated heterocycles. The van der Waals surface area contributed by atoms with E-state index in [1.54, 1.807) is 43.3 Å². The highest BCUT2D eigenvalue weighted by Gasteiger charge is 2.13. The Bertz CT molecular complexity index is 441. The SMILES string of the molecule is CCCN(CC(=O)N(C)C)c1ccc(C(=O)O)cc1. The zero-order valence-electron chi connectivity index (χ0n) is 11.6. The molecule has 1 aromatic carbocycles. The summed E-state index contributed by atoms with van der Waals surface area (Å²) in [6.07, 6.45) is 0.918. The number of benzene rings is 1. The number of carboxylic acids is 1. The molecule has 0 aliphatic carbocycles. The van der Waals surface area contributed by atoms with Crippen molar-refractivity contribution in [2.24, 2.45) is 0 Å². The van der Waals surface area contributed by atoms with Gasteiger partial charge in [-0.1, -0.05) is 6.92 Å². The van der Waals surface area contributed by atoms with Gasteiger partial charge in [0, 0.05) is 26.3 Å². The summed E-state index contributed by atoms with van der Waals surface area (Å²) in [6, 6.07) is 6.59. The highest BCUT2D eigenvalue weighted by atomic mass is 16.4. The molecule has 0 aromatic heterocycles. The van der Waals surface area contributed by atoms with Gasteiger partial charge in [-0.05, 0) is 30.7 Å². The molecule has 1 rings (SSSR count). The fourth-order valence-electron chi connectivity index (χ4n) is 1.69. The first kappa shape index (κ1) is 15.0. The fraction of sp³-hybridized carbons (Fsp3) is 0.429. The Morgan fingerprint density at radius 1 is 1.16 bits per heavy atom. The molecule has 0 heterocycles. The standard InChI is InChI=1S/C14H20N2O3/c1-4-9-16(10-13(17)15(2)3)12-7-5-11(6-8-12)14(18)19/h5-8H,4,9-10H2,1-3H3,(H,18,19). The summed E-state index contributed by atoms with van der Waals surface area (Å²) >= 11 is 0. The Balaban J connectivity index is 2.86. The van der Waals surface area contributed by atoms with E-state index in [0.29, 0.717) is 6.54 Å². The number of hydrogen-bond donors (Lipinski definition) is 1. The second kappa shape index (κ2) is 6.78. The lowest BCUT2D eigenvalue weighted by Gasteiger charge is -2.25. The van der Waals surface area contributed by atoms with Crippen molar-refractivity contribution in [3.05, 3.63) is 29.8 Å². The van der Waals surface area contributed by atoms with Gasteiger partial charge in [-0.3, -0.25) is 4.79 Å². The molecule has 1 amide bonds. The quantitative estimate of drug-likeness (QED) is 0.849. The minimum atomic E-state index is -0.946. The molecule has 1 aromatic rings. The van der Waals surface area contributed by atoms with Gasteiger partial charge in [0.15, 0.2) is 0 Å². The Kier molecular flexibility index (Phi) is 5.36. The van der Waals surface area contributed by atoms with Crippen molar-refractivity contribution in [2.45, 2.75) is 13.3 Å². The number of anilines is 1. The molecular formula is C14H20N2O3. The molecular weight excluding hydrogens is 244 g/mol. The molecule has 0 radical (unpaired) electrons. The number of aromatic carboxylic acids is 1. The van der Waals surface area contributed by atoms with Gasteiger partial charge in [0.25, 0.3) is 0 Å². The zero-order valence-corrected chi connectivity index (χ0v) is 11.6. The molecule has 0 saturated carbocycles. The van der Waals surface area contributed by atoms with Crippen LogP contribution in [0.5, 0.6) is 0 Å². The van der Waals surface area contributed by atoms with Gasteiger partial charge in [0.05, 0.1) is 12.1 Å². The predicted octanol–water partition coefficient (Wildman–Crippen LogP) is 1.69. The highest BCUT2D eigenvalue weighted by molar-refractivity contribution is 5.88. The number of carbonyl (C=O) groups excluding carboxylic acids is 1. The molecule has 5 heteroatoms. The van der Waals surface area contributed by atoms with Crippen LogP contribution in [0.3, 0.4) is 0 Å². The van der Waals surface area contributed by atoms with Crippen LogP contribution in [-0.4, -0.2) is 49.1 Å². The van der Waals surface area contributed by atoms with Gasteiger partial charge in [-0.2, -0.15) is 0 Å². The largest absolute Gasteiger partial charge is 0.478 e. The number of amides is 1. The van der Waals surface area contributed by atoms with Crippen molar-refractivity contribution in [1.82, 2.24) is 4.90 Å². The molecule has 0 aliphatic heterocycles. The van der Waals surface area contributed by atoms with E-state index in [4.69, 9.17) is 5.11 Å². The molecule has 0 bridgehead atoms. The Morgan fingerprint density at radius 3 is 2.16 bits per heavy atom. The molecule has 0 fully saturated rings. The van der Waals surface area contributed by atoms with Crippen LogP contribution in [0.4, 0.5) is 5.69 Å². The topological polar surface area (TPSA) is 60.9 Å². The van der Waals surface area contributed by atoms with E-state index >= 15 is 0 Å².